The molecule has 2 N–H and O–H groups in total. The second-order valence-electron chi connectivity index (χ2n) is 8.05. The van der Waals surface area contributed by atoms with Gasteiger partial charge in [0.25, 0.3) is 0 Å². The lowest BCUT2D eigenvalue weighted by Gasteiger charge is -2.36. The Morgan fingerprint density at radius 1 is 1.06 bits per heavy atom. The van der Waals surface area contributed by atoms with Crippen LogP contribution in [0.1, 0.15) is 25.5 Å². The van der Waals surface area contributed by atoms with Crippen LogP contribution in [0.3, 0.4) is 0 Å². The molecular weight excluding hydrogens is 463 g/mol. The van der Waals surface area contributed by atoms with Crippen LogP contribution >= 0.6 is 0 Å². The molecule has 0 spiro atoms. The fourth-order valence-electron chi connectivity index (χ4n) is 4.50. The lowest BCUT2D eigenvalue weighted by Crippen LogP contribution is -2.41. The van der Waals surface area contributed by atoms with Crippen molar-refractivity contribution in [2.24, 2.45) is 12.8 Å². The number of nitrogens with two attached hydrogens (primary N) is 1. The molecule has 1 unspecified atom stereocenters. The number of hydrogen-bond acceptors (Lipinski definition) is 7. The maximum absolute atomic E-state index is 14.2. The quantitative estimate of drug-likeness (QED) is 0.522. The number of anilines is 1. The van der Waals surface area contributed by atoms with Crippen LogP contribution in [-0.4, -0.2) is 29.7 Å². The highest BCUT2D eigenvalue weighted by Gasteiger charge is 2.44. The molecule has 1 aromatic heterocycles. The topological polar surface area (TPSA) is 111 Å². The third kappa shape index (κ3) is 4.07. The van der Waals surface area contributed by atoms with Crippen molar-refractivity contribution in [1.29, 1.82) is 5.26 Å². The number of ether oxygens (including phenoxy) is 2. The Hall–Kier alpha value is -4.58. The third-order valence-corrected chi connectivity index (χ3v) is 6.01. The minimum absolute atomic E-state index is 0.0151. The van der Waals surface area contributed by atoms with Gasteiger partial charge in [-0.3, -0.25) is 4.90 Å². The summed E-state index contributed by atoms with van der Waals surface area (Å²) in [5.74, 6) is -3.40. The number of halogens is 1. The summed E-state index contributed by atoms with van der Waals surface area (Å²) in [5.41, 5.74) is 7.74. The zero-order valence-corrected chi connectivity index (χ0v) is 20.1. The highest BCUT2D eigenvalue weighted by Crippen LogP contribution is 2.44. The van der Waals surface area contributed by atoms with Gasteiger partial charge in [-0.2, -0.15) is 5.26 Å². The molecule has 184 valence electrons. The Balaban J connectivity index is 2.10. The second kappa shape index (κ2) is 9.96. The van der Waals surface area contributed by atoms with Gasteiger partial charge in [-0.1, -0.05) is 24.3 Å². The van der Waals surface area contributed by atoms with Gasteiger partial charge >= 0.3 is 11.9 Å². The first-order chi connectivity index (χ1) is 17.3. The summed E-state index contributed by atoms with van der Waals surface area (Å²) in [5, 5.41) is 11.1. The zero-order valence-electron chi connectivity index (χ0n) is 20.1. The van der Waals surface area contributed by atoms with E-state index in [9.17, 15) is 19.2 Å². The molecule has 2 heterocycles. The number of carbonyl (C=O) groups excluding carboxylic acids is 2. The number of hydrogen-bond donors (Lipinski definition) is 1. The van der Waals surface area contributed by atoms with E-state index in [1.54, 1.807) is 20.9 Å². The van der Waals surface area contributed by atoms with Crippen molar-refractivity contribution in [2.45, 2.75) is 19.8 Å². The molecule has 1 aliphatic rings. The van der Waals surface area contributed by atoms with Crippen LogP contribution in [0, 0.1) is 17.1 Å². The average Bonchev–Trinajstić information content (AvgIpc) is 3.19. The van der Waals surface area contributed by atoms with Crippen molar-refractivity contribution >= 4 is 28.5 Å². The number of nitriles is 1. The molecule has 8 nitrogen and oxygen atoms in total. The minimum Gasteiger partial charge on any atom is -0.463 e. The first-order valence-electron chi connectivity index (χ1n) is 11.4. The SMILES string of the molecule is CCOC(=O)C1=C(C(=O)OCC)N(c2cccc(F)c2)C(N)=C(C#N)C1c1cc2ccccc2n1C. The van der Waals surface area contributed by atoms with Crippen molar-refractivity contribution in [1.82, 2.24) is 4.57 Å². The molecule has 36 heavy (non-hydrogen) atoms. The van der Waals surface area contributed by atoms with Gasteiger partial charge in [0.1, 0.15) is 17.3 Å². The molecule has 0 amide bonds. The monoisotopic (exact) mass is 488 g/mol. The average molecular weight is 489 g/mol. The van der Waals surface area contributed by atoms with Gasteiger partial charge in [0, 0.05) is 18.3 Å². The summed E-state index contributed by atoms with van der Waals surface area (Å²) in [6.45, 7) is 3.31. The van der Waals surface area contributed by atoms with E-state index in [0.717, 1.165) is 17.0 Å². The van der Waals surface area contributed by atoms with E-state index in [4.69, 9.17) is 15.2 Å². The molecule has 0 saturated heterocycles. The number of aryl methyl sites for hydroxylation is 1. The third-order valence-electron chi connectivity index (χ3n) is 6.01. The number of carbonyl (C=O) groups is 2. The molecule has 9 heteroatoms. The Morgan fingerprint density at radius 2 is 1.75 bits per heavy atom. The Kier molecular flexibility index (Phi) is 6.79. The van der Waals surface area contributed by atoms with Gasteiger partial charge in [-0.25, -0.2) is 14.0 Å². The molecule has 3 aromatic rings. The number of nitrogens with zero attached hydrogens (tertiary/aromatic N) is 3. The predicted octanol–water partition coefficient (Wildman–Crippen LogP) is 4.00. The van der Waals surface area contributed by atoms with E-state index in [1.807, 2.05) is 34.9 Å². The summed E-state index contributed by atoms with van der Waals surface area (Å²) in [6.07, 6.45) is 0. The number of aromatic nitrogens is 1. The first-order valence-corrected chi connectivity index (χ1v) is 11.4. The lowest BCUT2D eigenvalue weighted by molar-refractivity contribution is -0.142. The van der Waals surface area contributed by atoms with Crippen LogP contribution in [0.2, 0.25) is 0 Å². The maximum atomic E-state index is 14.2. The first kappa shape index (κ1) is 24.5. The summed E-state index contributed by atoms with van der Waals surface area (Å²) < 4.78 is 26.7. The molecular formula is C27H25FN4O4. The largest absolute Gasteiger partial charge is 0.463 e. The van der Waals surface area contributed by atoms with E-state index >= 15 is 0 Å². The van der Waals surface area contributed by atoms with Crippen molar-refractivity contribution in [3.05, 3.63) is 88.8 Å². The van der Waals surface area contributed by atoms with E-state index in [0.29, 0.717) is 5.69 Å². The number of fused-ring (bicyclic) bond motifs is 1. The van der Waals surface area contributed by atoms with Crippen LogP contribution < -0.4 is 10.6 Å². The molecule has 0 radical (unpaired) electrons. The summed E-state index contributed by atoms with van der Waals surface area (Å²) in [4.78, 5) is 28.0. The van der Waals surface area contributed by atoms with Crippen molar-refractivity contribution in [2.75, 3.05) is 18.1 Å². The Morgan fingerprint density at radius 3 is 2.39 bits per heavy atom. The number of benzene rings is 2. The molecule has 1 atom stereocenters. The van der Waals surface area contributed by atoms with E-state index in [-0.39, 0.29) is 41.6 Å². The number of para-hydroxylation sites is 1. The molecule has 1 aliphatic heterocycles. The van der Waals surface area contributed by atoms with Gasteiger partial charge in [-0.15, -0.1) is 0 Å². The smallest absolute Gasteiger partial charge is 0.355 e. The van der Waals surface area contributed by atoms with Crippen LogP contribution in [0.25, 0.3) is 10.9 Å². The van der Waals surface area contributed by atoms with Gasteiger partial charge < -0.3 is 19.8 Å². The summed E-state index contributed by atoms with van der Waals surface area (Å²) in [7, 11) is 1.80. The number of esters is 2. The van der Waals surface area contributed by atoms with Gasteiger partial charge in [0.05, 0.1) is 42.0 Å². The molecule has 4 rings (SSSR count). The van der Waals surface area contributed by atoms with Gasteiger partial charge in [0.15, 0.2) is 0 Å². The molecule has 2 aromatic carbocycles. The predicted molar refractivity (Wildman–Crippen MR) is 132 cm³/mol. The minimum atomic E-state index is -1.03. The lowest BCUT2D eigenvalue weighted by atomic mass is 9.83. The van der Waals surface area contributed by atoms with E-state index in [1.165, 1.54) is 23.1 Å². The van der Waals surface area contributed by atoms with Gasteiger partial charge in [-0.05, 0) is 49.6 Å². The van der Waals surface area contributed by atoms with Crippen LogP contribution in [-0.2, 0) is 26.1 Å². The molecule has 0 bridgehead atoms. The van der Waals surface area contributed by atoms with Crippen LogP contribution in [0.4, 0.5) is 10.1 Å². The fraction of sp³-hybridized carbons (Fsp3) is 0.222. The molecule has 0 aliphatic carbocycles. The van der Waals surface area contributed by atoms with Crippen molar-refractivity contribution in [3.8, 4) is 6.07 Å². The standard InChI is InChI=1S/C27H25FN4O4/c1-4-35-26(33)23-22(21-13-16-9-6-7-12-20(16)31(21)3)19(15-29)25(30)32(24(23)27(34)36-5-2)18-11-8-10-17(28)14-18/h6-14,22H,4-5,30H2,1-3H3. The molecule has 0 fully saturated rings. The highest BCUT2D eigenvalue weighted by atomic mass is 19.1. The summed E-state index contributed by atoms with van der Waals surface area (Å²) >= 11 is 0. The maximum Gasteiger partial charge on any atom is 0.355 e. The molecule has 0 saturated carbocycles. The highest BCUT2D eigenvalue weighted by molar-refractivity contribution is 6.06. The van der Waals surface area contributed by atoms with Gasteiger partial charge in [0.2, 0.25) is 0 Å². The Bertz CT molecular complexity index is 1460. The van der Waals surface area contributed by atoms with Crippen molar-refractivity contribution in [3.63, 3.8) is 0 Å². The zero-order chi connectivity index (χ0) is 26.0. The number of rotatable bonds is 6. The normalized spacial score (nSPS) is 15.8. The second-order valence-corrected chi connectivity index (χ2v) is 8.05. The van der Waals surface area contributed by atoms with E-state index < -0.39 is 23.7 Å². The fourth-order valence-corrected chi connectivity index (χ4v) is 4.50. The Labute approximate surface area is 207 Å². The van der Waals surface area contributed by atoms with Crippen LogP contribution in [0.5, 0.6) is 0 Å². The van der Waals surface area contributed by atoms with Crippen molar-refractivity contribution < 1.29 is 23.5 Å². The summed E-state index contributed by atoms with van der Waals surface area (Å²) in [6, 6.07) is 16.9. The number of allylic oxidation sites excluding steroid dienone is 1. The van der Waals surface area contributed by atoms with Crippen LogP contribution in [0.15, 0.2) is 77.3 Å². The van der Waals surface area contributed by atoms with E-state index in [2.05, 4.69) is 6.07 Å².